The van der Waals surface area contributed by atoms with Gasteiger partial charge in [0, 0.05) is 24.4 Å². The summed E-state index contributed by atoms with van der Waals surface area (Å²) in [7, 11) is 2.01. The van der Waals surface area contributed by atoms with E-state index in [2.05, 4.69) is 25.8 Å². The topological polar surface area (TPSA) is 42.4 Å². The molecule has 0 saturated heterocycles. The van der Waals surface area contributed by atoms with E-state index in [-0.39, 0.29) is 6.61 Å². The highest BCUT2D eigenvalue weighted by molar-refractivity contribution is 5.26. The van der Waals surface area contributed by atoms with Crippen LogP contribution in [0.3, 0.4) is 0 Å². The lowest BCUT2D eigenvalue weighted by atomic mass is 9.45. The second kappa shape index (κ2) is 7.79. The summed E-state index contributed by atoms with van der Waals surface area (Å²) in [5, 5.41) is 9.70. The van der Waals surface area contributed by atoms with Gasteiger partial charge in [-0.1, -0.05) is 26.8 Å². The minimum Gasteiger partial charge on any atom is -0.392 e. The smallest absolute Gasteiger partial charge is 0.0699 e. The number of aliphatic hydroxyl groups excluding tert-OH is 1. The second-order valence-electron chi connectivity index (χ2n) is 13.2. The first kappa shape index (κ1) is 22.5. The molecule has 1 unspecified atom stereocenters. The van der Waals surface area contributed by atoms with Gasteiger partial charge in [-0.05, 0) is 122 Å². The van der Waals surface area contributed by atoms with E-state index in [4.69, 9.17) is 4.74 Å². The lowest BCUT2D eigenvalue weighted by Gasteiger charge is -2.61. The molecule has 1 heterocycles. The van der Waals surface area contributed by atoms with Crippen molar-refractivity contribution in [2.45, 2.75) is 97.7 Å². The Labute approximate surface area is 201 Å². The Morgan fingerprint density at radius 1 is 1.15 bits per heavy atom. The second-order valence-corrected chi connectivity index (χ2v) is 13.2. The third-order valence-corrected chi connectivity index (χ3v) is 12.6. The van der Waals surface area contributed by atoms with Gasteiger partial charge in [-0.15, -0.1) is 0 Å². The first-order valence-electron chi connectivity index (χ1n) is 14.0. The van der Waals surface area contributed by atoms with Crippen LogP contribution in [-0.4, -0.2) is 23.3 Å². The van der Waals surface area contributed by atoms with Crippen LogP contribution < -0.4 is 0 Å². The summed E-state index contributed by atoms with van der Waals surface area (Å²) in [5.41, 5.74) is 3.67. The van der Waals surface area contributed by atoms with Crippen LogP contribution in [-0.2, 0) is 17.8 Å². The van der Waals surface area contributed by atoms with Gasteiger partial charge in [0.1, 0.15) is 0 Å². The predicted octanol–water partition coefficient (Wildman–Crippen LogP) is 6.43. The van der Waals surface area contributed by atoms with Crippen molar-refractivity contribution in [2.24, 2.45) is 51.8 Å². The lowest BCUT2D eigenvalue weighted by Crippen LogP contribution is -2.57. The molecule has 5 aliphatic rings. The van der Waals surface area contributed by atoms with Crippen LogP contribution in [0, 0.1) is 51.8 Å². The van der Waals surface area contributed by atoms with E-state index in [1.165, 1.54) is 57.8 Å². The molecule has 0 aliphatic heterocycles. The number of hydrogen-bond acceptors (Lipinski definition) is 3. The molecule has 0 radical (unpaired) electrons. The number of aryl methyl sites for hydroxylation is 1. The molecular weight excluding hydrogens is 406 g/mol. The monoisotopic (exact) mass is 451 g/mol. The standard InChI is InChI=1S/C30H45NO2/c1-19(7-10-26-20(18-32)6-5-15-31-26)23-8-9-24-22-16-27(33-4)30-17-21(30)11-14-29(30,3)25(22)12-13-28(23,24)2/h5-6,15,19,21-25,27,32H,7-14,16-18H2,1-4H3/t19-,21-,22+,23-,24+,25+,27?,28-,29-,30+/m1/s1. The highest BCUT2D eigenvalue weighted by atomic mass is 16.5. The van der Waals surface area contributed by atoms with Crippen LogP contribution in [0.25, 0.3) is 0 Å². The average Bonchev–Trinajstić information content (AvgIpc) is 3.33. The molecule has 1 N–H and O–H groups in total. The zero-order chi connectivity index (χ0) is 23.0. The normalized spacial score (nSPS) is 48.5. The van der Waals surface area contributed by atoms with Crippen molar-refractivity contribution in [3.8, 4) is 0 Å². The molecule has 33 heavy (non-hydrogen) atoms. The van der Waals surface area contributed by atoms with Crippen molar-refractivity contribution in [1.82, 2.24) is 4.98 Å². The molecular formula is C30H45NO2. The van der Waals surface area contributed by atoms with Gasteiger partial charge in [-0.3, -0.25) is 4.98 Å². The molecule has 182 valence electrons. The number of nitrogens with zero attached hydrogens (tertiary/aromatic N) is 1. The number of fused-ring (bicyclic) bond motifs is 4. The molecule has 1 aromatic heterocycles. The Kier molecular flexibility index (Phi) is 5.32. The number of rotatable bonds is 6. The number of hydrogen-bond donors (Lipinski definition) is 1. The van der Waals surface area contributed by atoms with Gasteiger partial charge in [-0.2, -0.15) is 0 Å². The number of aromatic nitrogens is 1. The van der Waals surface area contributed by atoms with E-state index in [1.807, 2.05) is 25.4 Å². The van der Waals surface area contributed by atoms with Gasteiger partial charge in [0.25, 0.3) is 0 Å². The molecule has 1 spiro atoms. The maximum absolute atomic E-state index is 9.70. The van der Waals surface area contributed by atoms with Gasteiger partial charge < -0.3 is 9.84 Å². The first-order valence-corrected chi connectivity index (χ1v) is 14.0. The Hall–Kier alpha value is -0.930. The number of methoxy groups -OCH3 is 1. The van der Waals surface area contributed by atoms with Crippen LogP contribution in [0.5, 0.6) is 0 Å². The SMILES string of the molecule is COC1C[C@H]2[C@@H]3CC[C@H]([C@H](C)CCc4ncccc4CO)[C@@]3(C)CC[C@@H]2[C@@]2(C)CC[C@@H]3C[C@@]132. The van der Waals surface area contributed by atoms with Crippen LogP contribution in [0.4, 0.5) is 0 Å². The molecule has 1 aromatic rings. The maximum Gasteiger partial charge on any atom is 0.0699 e. The molecule has 0 bridgehead atoms. The van der Waals surface area contributed by atoms with Crippen molar-refractivity contribution in [3.05, 3.63) is 29.6 Å². The highest BCUT2D eigenvalue weighted by Crippen LogP contribution is 2.82. The Bertz CT molecular complexity index is 901. The maximum atomic E-state index is 9.70. The molecule has 0 amide bonds. The number of ether oxygens (including phenoxy) is 1. The fourth-order valence-corrected chi connectivity index (χ4v) is 11.0. The third-order valence-electron chi connectivity index (χ3n) is 12.6. The molecule has 5 fully saturated rings. The molecule has 10 atom stereocenters. The van der Waals surface area contributed by atoms with E-state index < -0.39 is 0 Å². The van der Waals surface area contributed by atoms with Crippen molar-refractivity contribution in [1.29, 1.82) is 0 Å². The van der Waals surface area contributed by atoms with Gasteiger partial charge in [0.15, 0.2) is 0 Å². The Morgan fingerprint density at radius 3 is 2.76 bits per heavy atom. The molecule has 0 aromatic carbocycles. The van der Waals surface area contributed by atoms with E-state index in [0.717, 1.165) is 47.3 Å². The minimum absolute atomic E-state index is 0.103. The summed E-state index contributed by atoms with van der Waals surface area (Å²) in [5.74, 6) is 5.20. The predicted molar refractivity (Wildman–Crippen MR) is 131 cm³/mol. The molecule has 5 aliphatic carbocycles. The quantitative estimate of drug-likeness (QED) is 0.542. The van der Waals surface area contributed by atoms with E-state index in [0.29, 0.717) is 28.3 Å². The van der Waals surface area contributed by atoms with Gasteiger partial charge in [0.2, 0.25) is 0 Å². The van der Waals surface area contributed by atoms with Crippen LogP contribution in [0.2, 0.25) is 0 Å². The fourth-order valence-electron chi connectivity index (χ4n) is 11.0. The summed E-state index contributed by atoms with van der Waals surface area (Å²) in [4.78, 5) is 4.59. The summed E-state index contributed by atoms with van der Waals surface area (Å²) < 4.78 is 6.30. The van der Waals surface area contributed by atoms with Crippen molar-refractivity contribution < 1.29 is 9.84 Å². The van der Waals surface area contributed by atoms with Crippen LogP contribution >= 0.6 is 0 Å². The largest absolute Gasteiger partial charge is 0.392 e. The fraction of sp³-hybridized carbons (Fsp3) is 0.833. The lowest BCUT2D eigenvalue weighted by molar-refractivity contribution is -0.161. The van der Waals surface area contributed by atoms with Crippen molar-refractivity contribution >= 4 is 0 Å². The molecule has 5 saturated carbocycles. The van der Waals surface area contributed by atoms with Gasteiger partial charge in [-0.25, -0.2) is 0 Å². The van der Waals surface area contributed by atoms with E-state index in [1.54, 1.807) is 0 Å². The average molecular weight is 452 g/mol. The van der Waals surface area contributed by atoms with Gasteiger partial charge >= 0.3 is 0 Å². The Morgan fingerprint density at radius 2 is 2.00 bits per heavy atom. The molecule has 3 nitrogen and oxygen atoms in total. The highest BCUT2D eigenvalue weighted by Gasteiger charge is 2.77. The third kappa shape index (κ3) is 2.97. The number of aliphatic hydroxyl groups is 1. The zero-order valence-corrected chi connectivity index (χ0v) is 21.4. The zero-order valence-electron chi connectivity index (χ0n) is 21.4. The minimum atomic E-state index is 0.103. The van der Waals surface area contributed by atoms with Crippen molar-refractivity contribution in [2.75, 3.05) is 7.11 Å². The van der Waals surface area contributed by atoms with Crippen LogP contribution in [0.15, 0.2) is 18.3 Å². The number of pyridine rings is 1. The summed E-state index contributed by atoms with van der Waals surface area (Å²) in [6.45, 7) is 7.97. The Balaban J connectivity index is 1.20. The van der Waals surface area contributed by atoms with Crippen LogP contribution in [0.1, 0.15) is 89.8 Å². The van der Waals surface area contributed by atoms with Crippen molar-refractivity contribution in [3.63, 3.8) is 0 Å². The summed E-state index contributed by atoms with van der Waals surface area (Å²) in [6, 6.07) is 3.97. The summed E-state index contributed by atoms with van der Waals surface area (Å²) in [6.07, 6.45) is 16.0. The molecule has 3 heteroatoms. The van der Waals surface area contributed by atoms with E-state index >= 15 is 0 Å². The summed E-state index contributed by atoms with van der Waals surface area (Å²) >= 11 is 0. The van der Waals surface area contributed by atoms with Gasteiger partial charge in [0.05, 0.1) is 12.7 Å². The van der Waals surface area contributed by atoms with E-state index in [9.17, 15) is 5.11 Å². The molecule has 6 rings (SSSR count). The first-order chi connectivity index (χ1) is 15.9.